The van der Waals surface area contributed by atoms with Crippen molar-refractivity contribution >= 4 is 28.9 Å². The predicted octanol–water partition coefficient (Wildman–Crippen LogP) is 2.44. The Morgan fingerprint density at radius 1 is 1.42 bits per heavy atom. The van der Waals surface area contributed by atoms with Gasteiger partial charge in [0.2, 0.25) is 0 Å². The molecular formula is C13H13FN4S. The number of halogens is 1. The molecule has 4 N–H and O–H groups in total. The summed E-state index contributed by atoms with van der Waals surface area (Å²) in [5.41, 5.74) is 14.7. The SMILES string of the molecule is NC=C(C=Nc1cscn1)c1cc(F)cc(CN)c1. The van der Waals surface area contributed by atoms with Crippen molar-refractivity contribution < 1.29 is 4.39 Å². The summed E-state index contributed by atoms with van der Waals surface area (Å²) in [4.78, 5) is 8.20. The van der Waals surface area contributed by atoms with Crippen LogP contribution < -0.4 is 11.5 Å². The van der Waals surface area contributed by atoms with Gasteiger partial charge in [-0.15, -0.1) is 11.3 Å². The van der Waals surface area contributed by atoms with E-state index in [1.165, 1.54) is 29.7 Å². The molecule has 4 nitrogen and oxygen atoms in total. The Bertz CT molecular complexity index is 605. The molecule has 0 bridgehead atoms. The van der Waals surface area contributed by atoms with Gasteiger partial charge in [0.05, 0.1) is 5.51 Å². The fraction of sp³-hybridized carbons (Fsp3) is 0.0769. The molecule has 0 unspecified atom stereocenters. The Morgan fingerprint density at radius 2 is 2.26 bits per heavy atom. The average molecular weight is 276 g/mol. The quantitative estimate of drug-likeness (QED) is 0.842. The van der Waals surface area contributed by atoms with Gasteiger partial charge in [0.1, 0.15) is 5.82 Å². The molecule has 2 rings (SSSR count). The fourth-order valence-corrected chi connectivity index (χ4v) is 2.03. The van der Waals surface area contributed by atoms with E-state index in [-0.39, 0.29) is 12.4 Å². The van der Waals surface area contributed by atoms with Crippen molar-refractivity contribution in [2.45, 2.75) is 6.54 Å². The summed E-state index contributed by atoms with van der Waals surface area (Å²) in [7, 11) is 0. The second-order valence-electron chi connectivity index (χ2n) is 3.78. The van der Waals surface area contributed by atoms with Crippen molar-refractivity contribution in [2.24, 2.45) is 16.5 Å². The Balaban J connectivity index is 2.30. The average Bonchev–Trinajstić information content (AvgIpc) is 2.92. The molecule has 19 heavy (non-hydrogen) atoms. The van der Waals surface area contributed by atoms with E-state index >= 15 is 0 Å². The van der Waals surface area contributed by atoms with Crippen LogP contribution in [0.1, 0.15) is 11.1 Å². The summed E-state index contributed by atoms with van der Waals surface area (Å²) in [6.45, 7) is 0.270. The van der Waals surface area contributed by atoms with E-state index < -0.39 is 0 Å². The zero-order valence-electron chi connectivity index (χ0n) is 10.1. The number of thiazole rings is 1. The first-order chi connectivity index (χ1) is 9.22. The molecule has 0 saturated heterocycles. The second-order valence-corrected chi connectivity index (χ2v) is 4.50. The van der Waals surface area contributed by atoms with E-state index in [4.69, 9.17) is 11.5 Å². The van der Waals surface area contributed by atoms with Crippen LogP contribution in [0.5, 0.6) is 0 Å². The van der Waals surface area contributed by atoms with Gasteiger partial charge in [0, 0.05) is 29.9 Å². The van der Waals surface area contributed by atoms with E-state index in [0.29, 0.717) is 22.5 Å². The maximum Gasteiger partial charge on any atom is 0.162 e. The van der Waals surface area contributed by atoms with Crippen LogP contribution in [0.4, 0.5) is 10.2 Å². The van der Waals surface area contributed by atoms with Gasteiger partial charge in [0.15, 0.2) is 5.82 Å². The Hall–Kier alpha value is -2.05. The normalized spacial score (nSPS) is 12.2. The van der Waals surface area contributed by atoms with Crippen LogP contribution in [0.25, 0.3) is 5.57 Å². The first-order valence-corrected chi connectivity index (χ1v) is 6.51. The molecule has 2 aromatic rings. The minimum atomic E-state index is -0.348. The third kappa shape index (κ3) is 3.46. The van der Waals surface area contributed by atoms with Crippen LogP contribution in [0.2, 0.25) is 0 Å². The van der Waals surface area contributed by atoms with Crippen molar-refractivity contribution in [3.8, 4) is 0 Å². The van der Waals surface area contributed by atoms with Crippen molar-refractivity contribution in [3.63, 3.8) is 0 Å². The first kappa shape index (κ1) is 13.4. The number of hydrogen-bond donors (Lipinski definition) is 2. The Labute approximate surface area is 114 Å². The summed E-state index contributed by atoms with van der Waals surface area (Å²) in [6.07, 6.45) is 2.94. The molecule has 0 radical (unpaired) electrons. The van der Waals surface area contributed by atoms with E-state index in [0.717, 1.165) is 0 Å². The van der Waals surface area contributed by atoms with E-state index in [9.17, 15) is 4.39 Å². The maximum absolute atomic E-state index is 13.4. The minimum absolute atomic E-state index is 0.270. The van der Waals surface area contributed by atoms with Crippen molar-refractivity contribution in [2.75, 3.05) is 0 Å². The van der Waals surface area contributed by atoms with Crippen LogP contribution in [-0.4, -0.2) is 11.2 Å². The lowest BCUT2D eigenvalue weighted by atomic mass is 10.0. The van der Waals surface area contributed by atoms with Gasteiger partial charge in [-0.25, -0.2) is 14.4 Å². The molecule has 1 heterocycles. The molecule has 1 aromatic carbocycles. The number of allylic oxidation sites excluding steroid dienone is 1. The number of aliphatic imine (C=N–C) groups is 1. The van der Waals surface area contributed by atoms with Gasteiger partial charge in [-0.3, -0.25) is 0 Å². The number of aromatic nitrogens is 1. The first-order valence-electron chi connectivity index (χ1n) is 5.57. The molecule has 0 fully saturated rings. The molecule has 0 atom stereocenters. The molecule has 0 aliphatic heterocycles. The zero-order chi connectivity index (χ0) is 13.7. The summed E-state index contributed by atoms with van der Waals surface area (Å²) < 4.78 is 13.4. The van der Waals surface area contributed by atoms with Gasteiger partial charge >= 0.3 is 0 Å². The molecule has 0 saturated carbocycles. The summed E-state index contributed by atoms with van der Waals surface area (Å²) in [6, 6.07) is 4.58. The maximum atomic E-state index is 13.4. The topological polar surface area (TPSA) is 77.3 Å². The Morgan fingerprint density at radius 3 is 2.89 bits per heavy atom. The van der Waals surface area contributed by atoms with E-state index in [1.54, 1.807) is 17.8 Å². The summed E-state index contributed by atoms with van der Waals surface area (Å²) >= 11 is 1.45. The third-order valence-electron chi connectivity index (χ3n) is 2.46. The predicted molar refractivity (Wildman–Crippen MR) is 76.7 cm³/mol. The van der Waals surface area contributed by atoms with Crippen LogP contribution in [0, 0.1) is 5.82 Å². The summed E-state index contributed by atoms with van der Waals surface area (Å²) in [5, 5.41) is 1.81. The second kappa shape index (κ2) is 6.21. The van der Waals surface area contributed by atoms with E-state index in [2.05, 4.69) is 9.98 Å². The highest BCUT2D eigenvalue weighted by atomic mass is 32.1. The van der Waals surface area contributed by atoms with Gasteiger partial charge in [-0.05, 0) is 29.3 Å². The molecule has 0 amide bonds. The third-order valence-corrected chi connectivity index (χ3v) is 3.04. The lowest BCUT2D eigenvalue weighted by Gasteiger charge is -2.04. The monoisotopic (exact) mass is 276 g/mol. The van der Waals surface area contributed by atoms with Crippen molar-refractivity contribution in [1.29, 1.82) is 0 Å². The van der Waals surface area contributed by atoms with Gasteiger partial charge in [0.25, 0.3) is 0 Å². The van der Waals surface area contributed by atoms with E-state index in [1.807, 2.05) is 5.38 Å². The molecule has 6 heteroatoms. The van der Waals surface area contributed by atoms with Crippen LogP contribution in [0.15, 0.2) is 40.3 Å². The Kier molecular flexibility index (Phi) is 4.38. The van der Waals surface area contributed by atoms with Crippen LogP contribution in [-0.2, 0) is 6.54 Å². The van der Waals surface area contributed by atoms with Gasteiger partial charge in [-0.2, -0.15) is 0 Å². The number of nitrogens with zero attached hydrogens (tertiary/aromatic N) is 2. The fourth-order valence-electron chi connectivity index (χ4n) is 1.55. The highest BCUT2D eigenvalue weighted by molar-refractivity contribution is 7.07. The molecule has 1 aromatic heterocycles. The van der Waals surface area contributed by atoms with Crippen molar-refractivity contribution in [3.05, 3.63) is 52.2 Å². The largest absolute Gasteiger partial charge is 0.404 e. The highest BCUT2D eigenvalue weighted by Gasteiger charge is 2.04. The lowest BCUT2D eigenvalue weighted by molar-refractivity contribution is 0.625. The number of rotatable bonds is 4. The molecule has 0 aliphatic rings. The van der Waals surface area contributed by atoms with Crippen molar-refractivity contribution in [1.82, 2.24) is 4.98 Å². The van der Waals surface area contributed by atoms with Crippen LogP contribution in [0.3, 0.4) is 0 Å². The number of nitrogens with two attached hydrogens (primary N) is 2. The summed E-state index contributed by atoms with van der Waals surface area (Å²) in [5.74, 6) is 0.249. The van der Waals surface area contributed by atoms with Gasteiger partial charge < -0.3 is 11.5 Å². The smallest absolute Gasteiger partial charge is 0.162 e. The lowest BCUT2D eigenvalue weighted by Crippen LogP contribution is -2.00. The molecule has 98 valence electrons. The molecule has 0 spiro atoms. The molecule has 0 aliphatic carbocycles. The van der Waals surface area contributed by atoms with Gasteiger partial charge in [-0.1, -0.05) is 0 Å². The number of benzene rings is 1. The highest BCUT2D eigenvalue weighted by Crippen LogP contribution is 2.18. The number of hydrogen-bond acceptors (Lipinski definition) is 5. The standard InChI is InChI=1S/C13H13FN4S/c14-12-2-9(4-15)1-10(3-12)11(5-16)6-17-13-7-19-8-18-13/h1-3,5-8H,4,15-16H2. The molecular weight excluding hydrogens is 263 g/mol. The zero-order valence-corrected chi connectivity index (χ0v) is 10.9. The van der Waals surface area contributed by atoms with Crippen LogP contribution >= 0.6 is 11.3 Å². The minimum Gasteiger partial charge on any atom is -0.404 e.